The van der Waals surface area contributed by atoms with E-state index in [1.54, 1.807) is 24.3 Å². The van der Waals surface area contributed by atoms with Crippen LogP contribution in [0.2, 0.25) is 5.02 Å². The Bertz CT molecular complexity index is 561. The first kappa shape index (κ1) is 16.1. The minimum atomic E-state index is -0.820. The van der Waals surface area contributed by atoms with Gasteiger partial charge >= 0.3 is 5.97 Å². The average molecular weight is 330 g/mol. The van der Waals surface area contributed by atoms with Gasteiger partial charge in [-0.1, -0.05) is 44.0 Å². The quantitative estimate of drug-likeness (QED) is 0.843. The molecule has 1 atom stereocenters. The summed E-state index contributed by atoms with van der Waals surface area (Å²) < 4.78 is 10.8. The van der Waals surface area contributed by atoms with Crippen LogP contribution in [-0.2, 0) is 14.3 Å². The molecule has 0 fully saturated rings. The number of anilines is 1. The second-order valence-electron chi connectivity index (χ2n) is 5.97. The molecular weight excluding hydrogens is 313 g/mol. The number of hydrogen-bond acceptors (Lipinski definition) is 4. The fourth-order valence-electron chi connectivity index (χ4n) is 1.67. The molecule has 114 valence electrons. The number of cyclic esters (lactones) is 1. The van der Waals surface area contributed by atoms with Crippen molar-refractivity contribution in [3.05, 3.63) is 40.0 Å². The molecule has 4 nitrogen and oxygen atoms in total. The Balaban J connectivity index is 2.12. The van der Waals surface area contributed by atoms with Crippen LogP contribution >= 0.6 is 23.2 Å². The predicted molar refractivity (Wildman–Crippen MR) is 83.2 cm³/mol. The fraction of sp³-hybridized carbons (Fsp3) is 0.400. The van der Waals surface area contributed by atoms with Crippen molar-refractivity contribution < 1.29 is 14.3 Å². The summed E-state index contributed by atoms with van der Waals surface area (Å²) in [5, 5.41) is 3.68. The minimum Gasteiger partial charge on any atom is -0.425 e. The molecule has 21 heavy (non-hydrogen) atoms. The topological polar surface area (TPSA) is 47.6 Å². The summed E-state index contributed by atoms with van der Waals surface area (Å²) in [6.45, 7) is 6.52. The summed E-state index contributed by atoms with van der Waals surface area (Å²) in [6.07, 6.45) is -0.820. The molecule has 1 aromatic rings. The Hall–Kier alpha value is -1.23. The van der Waals surface area contributed by atoms with Gasteiger partial charge < -0.3 is 14.8 Å². The van der Waals surface area contributed by atoms with Crippen LogP contribution in [0.4, 0.5) is 5.69 Å². The van der Waals surface area contributed by atoms with E-state index in [1.807, 2.05) is 20.8 Å². The molecule has 0 saturated carbocycles. The first-order valence-electron chi connectivity index (χ1n) is 6.51. The number of hydrogen-bond donors (Lipinski definition) is 1. The van der Waals surface area contributed by atoms with Gasteiger partial charge in [-0.05, 0) is 29.7 Å². The smallest absolute Gasteiger partial charge is 0.354 e. The van der Waals surface area contributed by atoms with Gasteiger partial charge in [0.15, 0.2) is 5.03 Å². The summed E-state index contributed by atoms with van der Waals surface area (Å²) in [6, 6.07) is 7.04. The number of ether oxygens (including phenoxy) is 2. The molecule has 1 N–H and O–H groups in total. The van der Waals surface area contributed by atoms with E-state index >= 15 is 0 Å². The van der Waals surface area contributed by atoms with E-state index in [4.69, 9.17) is 32.7 Å². The second-order valence-corrected chi connectivity index (χ2v) is 6.78. The van der Waals surface area contributed by atoms with Gasteiger partial charge in [0.05, 0.1) is 6.61 Å². The maximum absolute atomic E-state index is 11.6. The zero-order chi connectivity index (χ0) is 15.6. The Morgan fingerprint density at radius 3 is 2.43 bits per heavy atom. The van der Waals surface area contributed by atoms with Gasteiger partial charge in [-0.2, -0.15) is 0 Å². The predicted octanol–water partition coefficient (Wildman–Crippen LogP) is 4.15. The van der Waals surface area contributed by atoms with Crippen molar-refractivity contribution in [2.45, 2.75) is 27.1 Å². The van der Waals surface area contributed by atoms with Gasteiger partial charge in [0.2, 0.25) is 6.29 Å². The SMILES string of the molecule is CC(C)(C)COC1OC(=O)C(Cl)=C1Nc1ccc(Cl)cc1. The van der Waals surface area contributed by atoms with Crippen molar-refractivity contribution in [1.82, 2.24) is 0 Å². The normalized spacial score (nSPS) is 18.9. The third-order valence-corrected chi connectivity index (χ3v) is 3.27. The number of benzene rings is 1. The van der Waals surface area contributed by atoms with Crippen molar-refractivity contribution >= 4 is 34.9 Å². The molecule has 1 aliphatic heterocycles. The number of esters is 1. The number of carbonyl (C=O) groups is 1. The Morgan fingerprint density at radius 1 is 1.24 bits per heavy atom. The lowest BCUT2D eigenvalue weighted by Gasteiger charge is -2.22. The molecule has 2 rings (SSSR count). The molecule has 0 amide bonds. The van der Waals surface area contributed by atoms with E-state index < -0.39 is 12.3 Å². The summed E-state index contributed by atoms with van der Waals surface area (Å²) in [7, 11) is 0. The summed E-state index contributed by atoms with van der Waals surface area (Å²) in [4.78, 5) is 11.6. The number of carbonyl (C=O) groups excluding carboxylic acids is 1. The molecule has 0 spiro atoms. The van der Waals surface area contributed by atoms with E-state index in [-0.39, 0.29) is 10.4 Å². The molecule has 0 radical (unpaired) electrons. The van der Waals surface area contributed by atoms with Crippen LogP contribution in [0.25, 0.3) is 0 Å². The van der Waals surface area contributed by atoms with Crippen molar-refractivity contribution in [3.8, 4) is 0 Å². The second kappa shape index (κ2) is 6.26. The zero-order valence-electron chi connectivity index (χ0n) is 12.1. The van der Waals surface area contributed by atoms with Gasteiger partial charge in [-0.15, -0.1) is 0 Å². The average Bonchev–Trinajstić information content (AvgIpc) is 2.66. The lowest BCUT2D eigenvalue weighted by molar-refractivity contribution is -0.163. The van der Waals surface area contributed by atoms with E-state index in [0.29, 0.717) is 17.3 Å². The lowest BCUT2D eigenvalue weighted by atomic mass is 9.99. The molecule has 6 heteroatoms. The van der Waals surface area contributed by atoms with E-state index in [2.05, 4.69) is 5.32 Å². The zero-order valence-corrected chi connectivity index (χ0v) is 13.6. The van der Waals surface area contributed by atoms with Gasteiger partial charge in [0.25, 0.3) is 0 Å². The third kappa shape index (κ3) is 4.37. The molecule has 0 bridgehead atoms. The van der Waals surface area contributed by atoms with Crippen LogP contribution in [0.15, 0.2) is 35.0 Å². The number of rotatable bonds is 4. The Morgan fingerprint density at radius 2 is 1.86 bits per heavy atom. The maximum Gasteiger partial charge on any atom is 0.354 e. The van der Waals surface area contributed by atoms with Crippen molar-refractivity contribution in [3.63, 3.8) is 0 Å². The van der Waals surface area contributed by atoms with Crippen LogP contribution in [0.5, 0.6) is 0 Å². The highest BCUT2D eigenvalue weighted by Crippen LogP contribution is 2.29. The monoisotopic (exact) mass is 329 g/mol. The number of nitrogens with one attached hydrogen (secondary N) is 1. The van der Waals surface area contributed by atoms with Crippen LogP contribution in [-0.4, -0.2) is 18.9 Å². The van der Waals surface area contributed by atoms with Crippen molar-refractivity contribution in [2.75, 3.05) is 11.9 Å². The van der Waals surface area contributed by atoms with Gasteiger partial charge in [0, 0.05) is 10.7 Å². The highest BCUT2D eigenvalue weighted by molar-refractivity contribution is 6.42. The molecule has 0 aliphatic carbocycles. The van der Waals surface area contributed by atoms with Crippen LogP contribution in [0, 0.1) is 5.41 Å². The first-order chi connectivity index (χ1) is 9.76. The Kier molecular flexibility index (Phi) is 4.81. The highest BCUT2D eigenvalue weighted by Gasteiger charge is 2.35. The van der Waals surface area contributed by atoms with E-state index in [1.165, 1.54) is 0 Å². The molecule has 1 aliphatic rings. The van der Waals surface area contributed by atoms with Crippen molar-refractivity contribution in [1.29, 1.82) is 0 Å². The molecule has 1 heterocycles. The van der Waals surface area contributed by atoms with E-state index in [9.17, 15) is 4.79 Å². The van der Waals surface area contributed by atoms with Gasteiger partial charge in [-0.3, -0.25) is 0 Å². The Labute approximate surface area is 134 Å². The molecule has 1 aromatic carbocycles. The first-order valence-corrected chi connectivity index (χ1v) is 7.27. The molecular formula is C15H17Cl2NO3. The lowest BCUT2D eigenvalue weighted by Crippen LogP contribution is -2.25. The van der Waals surface area contributed by atoms with Crippen LogP contribution < -0.4 is 5.32 Å². The van der Waals surface area contributed by atoms with Crippen LogP contribution in [0.1, 0.15) is 20.8 Å². The number of halogens is 2. The standard InChI is InChI=1S/C15H17Cl2NO3/c1-15(2,3)8-20-14-12(11(17)13(19)21-14)18-10-6-4-9(16)5-7-10/h4-7,14,18H,8H2,1-3H3. The maximum atomic E-state index is 11.6. The summed E-state index contributed by atoms with van der Waals surface area (Å²) in [5.74, 6) is -0.591. The summed E-state index contributed by atoms with van der Waals surface area (Å²) in [5.41, 5.74) is 1.11. The van der Waals surface area contributed by atoms with Gasteiger partial charge in [-0.25, -0.2) is 4.79 Å². The van der Waals surface area contributed by atoms with Gasteiger partial charge in [0.1, 0.15) is 5.70 Å². The minimum absolute atomic E-state index is 0.00357. The fourth-order valence-corrected chi connectivity index (χ4v) is 1.97. The molecule has 0 aromatic heterocycles. The van der Waals surface area contributed by atoms with E-state index in [0.717, 1.165) is 5.69 Å². The summed E-state index contributed by atoms with van der Waals surface area (Å²) >= 11 is 11.8. The van der Waals surface area contributed by atoms with Crippen molar-refractivity contribution in [2.24, 2.45) is 5.41 Å². The third-order valence-electron chi connectivity index (χ3n) is 2.66. The van der Waals surface area contributed by atoms with Crippen LogP contribution in [0.3, 0.4) is 0 Å². The highest BCUT2D eigenvalue weighted by atomic mass is 35.5. The largest absolute Gasteiger partial charge is 0.425 e. The molecule has 0 saturated heterocycles. The molecule has 1 unspecified atom stereocenters.